The third-order valence-corrected chi connectivity index (χ3v) is 4.98. The highest BCUT2D eigenvalue weighted by Gasteiger charge is 2.16. The van der Waals surface area contributed by atoms with Gasteiger partial charge in [0.05, 0.1) is 18.9 Å². The summed E-state index contributed by atoms with van der Waals surface area (Å²) in [7, 11) is 1.64. The lowest BCUT2D eigenvalue weighted by molar-refractivity contribution is 0.102. The molecular formula is C20H20FN3O2S. The van der Waals surface area contributed by atoms with Crippen molar-refractivity contribution >= 4 is 17.5 Å². The minimum Gasteiger partial charge on any atom is -0.383 e. The van der Waals surface area contributed by atoms with Crippen molar-refractivity contribution in [2.24, 2.45) is 0 Å². The summed E-state index contributed by atoms with van der Waals surface area (Å²) in [5.41, 5.74) is 2.58. The summed E-state index contributed by atoms with van der Waals surface area (Å²) in [6, 6.07) is 13.6. The van der Waals surface area contributed by atoms with Gasteiger partial charge in [-0.2, -0.15) is 0 Å². The van der Waals surface area contributed by atoms with Crippen LogP contribution in [0, 0.1) is 12.7 Å². The molecule has 140 valence electrons. The zero-order chi connectivity index (χ0) is 19.2. The number of hydrogen-bond donors (Lipinski definition) is 0. The van der Waals surface area contributed by atoms with Crippen LogP contribution >= 0.6 is 11.8 Å². The SMILES string of the molecule is COCCn1c(SCC(=O)c2ccc(F)cc2)nnc1-c1cccc(C)c1. The van der Waals surface area contributed by atoms with Crippen LogP contribution in [0.2, 0.25) is 0 Å². The average molecular weight is 385 g/mol. The second-order valence-electron chi connectivity index (χ2n) is 6.04. The molecular weight excluding hydrogens is 365 g/mol. The van der Waals surface area contributed by atoms with E-state index in [0.29, 0.717) is 23.9 Å². The normalized spacial score (nSPS) is 10.9. The summed E-state index contributed by atoms with van der Waals surface area (Å²) in [6.45, 7) is 3.12. The highest BCUT2D eigenvalue weighted by atomic mass is 32.2. The zero-order valence-electron chi connectivity index (χ0n) is 15.2. The summed E-state index contributed by atoms with van der Waals surface area (Å²) in [6.07, 6.45) is 0. The molecule has 0 saturated heterocycles. The third kappa shape index (κ3) is 4.81. The Kier molecular flexibility index (Phi) is 6.36. The topological polar surface area (TPSA) is 57.0 Å². The van der Waals surface area contributed by atoms with Crippen molar-refractivity contribution < 1.29 is 13.9 Å². The summed E-state index contributed by atoms with van der Waals surface area (Å²) >= 11 is 1.31. The highest BCUT2D eigenvalue weighted by molar-refractivity contribution is 7.99. The molecule has 0 spiro atoms. The molecule has 2 aromatic carbocycles. The lowest BCUT2D eigenvalue weighted by atomic mass is 10.1. The van der Waals surface area contributed by atoms with E-state index in [1.165, 1.54) is 36.0 Å². The number of ketones is 1. The first-order chi connectivity index (χ1) is 13.1. The molecule has 1 heterocycles. The molecule has 0 fully saturated rings. The maximum absolute atomic E-state index is 13.0. The van der Waals surface area contributed by atoms with Crippen molar-refractivity contribution in [2.75, 3.05) is 19.5 Å². The number of halogens is 1. The fourth-order valence-corrected chi connectivity index (χ4v) is 3.49. The number of nitrogens with zero attached hydrogens (tertiary/aromatic N) is 3. The second kappa shape index (κ2) is 8.92. The number of thioether (sulfide) groups is 1. The molecule has 0 unspecified atom stereocenters. The van der Waals surface area contributed by atoms with E-state index in [2.05, 4.69) is 10.2 Å². The largest absolute Gasteiger partial charge is 0.383 e. The summed E-state index contributed by atoms with van der Waals surface area (Å²) < 4.78 is 20.2. The van der Waals surface area contributed by atoms with E-state index in [9.17, 15) is 9.18 Å². The Balaban J connectivity index is 1.80. The minimum absolute atomic E-state index is 0.0848. The van der Waals surface area contributed by atoms with E-state index in [0.717, 1.165) is 17.0 Å². The van der Waals surface area contributed by atoms with Crippen molar-refractivity contribution in [3.63, 3.8) is 0 Å². The van der Waals surface area contributed by atoms with Crippen LogP contribution in [0.15, 0.2) is 53.7 Å². The fraction of sp³-hybridized carbons (Fsp3) is 0.250. The summed E-state index contributed by atoms with van der Waals surface area (Å²) in [5, 5.41) is 9.23. The van der Waals surface area contributed by atoms with Crippen LogP contribution in [-0.4, -0.2) is 40.0 Å². The van der Waals surface area contributed by atoms with Gasteiger partial charge in [-0.25, -0.2) is 4.39 Å². The number of hydrogen-bond acceptors (Lipinski definition) is 5. The van der Waals surface area contributed by atoms with Gasteiger partial charge in [0.25, 0.3) is 0 Å². The molecule has 27 heavy (non-hydrogen) atoms. The Morgan fingerprint density at radius 2 is 1.96 bits per heavy atom. The monoisotopic (exact) mass is 385 g/mol. The van der Waals surface area contributed by atoms with Crippen LogP contribution < -0.4 is 0 Å². The van der Waals surface area contributed by atoms with E-state index in [-0.39, 0.29) is 17.4 Å². The lowest BCUT2D eigenvalue weighted by Gasteiger charge is -2.10. The summed E-state index contributed by atoms with van der Waals surface area (Å²) in [4.78, 5) is 12.4. The number of benzene rings is 2. The van der Waals surface area contributed by atoms with Gasteiger partial charge in [0, 0.05) is 18.2 Å². The van der Waals surface area contributed by atoms with Crippen molar-refractivity contribution in [2.45, 2.75) is 18.6 Å². The predicted octanol–water partition coefficient (Wildman–Crippen LogP) is 4.01. The molecule has 0 atom stereocenters. The average Bonchev–Trinajstić information content (AvgIpc) is 3.07. The molecule has 0 radical (unpaired) electrons. The molecule has 1 aromatic heterocycles. The van der Waals surface area contributed by atoms with Gasteiger partial charge in [-0.15, -0.1) is 10.2 Å². The Morgan fingerprint density at radius 3 is 2.67 bits per heavy atom. The van der Waals surface area contributed by atoms with Crippen LogP contribution in [0.25, 0.3) is 11.4 Å². The maximum atomic E-state index is 13.0. The highest BCUT2D eigenvalue weighted by Crippen LogP contribution is 2.25. The van der Waals surface area contributed by atoms with Gasteiger partial charge in [0.1, 0.15) is 5.82 Å². The molecule has 5 nitrogen and oxygen atoms in total. The van der Waals surface area contributed by atoms with E-state index in [1.54, 1.807) is 7.11 Å². The number of aromatic nitrogens is 3. The van der Waals surface area contributed by atoms with Crippen LogP contribution in [0.3, 0.4) is 0 Å². The van der Waals surface area contributed by atoms with Gasteiger partial charge in [0.15, 0.2) is 16.8 Å². The zero-order valence-corrected chi connectivity index (χ0v) is 16.0. The van der Waals surface area contributed by atoms with E-state index < -0.39 is 0 Å². The van der Waals surface area contributed by atoms with Gasteiger partial charge in [-0.05, 0) is 37.3 Å². The summed E-state index contributed by atoms with van der Waals surface area (Å²) in [5.74, 6) is 0.497. The number of carbonyl (C=O) groups is 1. The van der Waals surface area contributed by atoms with Gasteiger partial charge >= 0.3 is 0 Å². The smallest absolute Gasteiger partial charge is 0.192 e. The van der Waals surface area contributed by atoms with Crippen LogP contribution in [-0.2, 0) is 11.3 Å². The lowest BCUT2D eigenvalue weighted by Crippen LogP contribution is -2.09. The Hall–Kier alpha value is -2.51. The molecule has 0 amide bonds. The fourth-order valence-electron chi connectivity index (χ4n) is 2.63. The second-order valence-corrected chi connectivity index (χ2v) is 6.98. The van der Waals surface area contributed by atoms with Gasteiger partial charge in [-0.3, -0.25) is 9.36 Å². The molecule has 0 bridgehead atoms. The molecule has 0 aliphatic heterocycles. The van der Waals surface area contributed by atoms with E-state index >= 15 is 0 Å². The van der Waals surface area contributed by atoms with E-state index in [4.69, 9.17) is 4.74 Å². The minimum atomic E-state index is -0.360. The van der Waals surface area contributed by atoms with Gasteiger partial charge < -0.3 is 4.74 Å². The number of methoxy groups -OCH3 is 1. The molecule has 0 aliphatic rings. The van der Waals surface area contributed by atoms with E-state index in [1.807, 2.05) is 35.8 Å². The maximum Gasteiger partial charge on any atom is 0.192 e. The standard InChI is InChI=1S/C20H20FN3O2S/c1-14-4-3-5-16(12-14)19-22-23-20(24(19)10-11-26-2)27-13-18(25)15-6-8-17(21)9-7-15/h3-9,12H,10-11,13H2,1-2H3. The molecule has 3 rings (SSSR count). The van der Waals surface area contributed by atoms with Gasteiger partial charge in [0.2, 0.25) is 0 Å². The van der Waals surface area contributed by atoms with Crippen molar-refractivity contribution in [1.82, 2.24) is 14.8 Å². The predicted molar refractivity (Wildman–Crippen MR) is 104 cm³/mol. The third-order valence-electron chi connectivity index (χ3n) is 4.01. The number of rotatable bonds is 8. The first kappa shape index (κ1) is 19.3. The molecule has 7 heteroatoms. The van der Waals surface area contributed by atoms with Crippen LogP contribution in [0.5, 0.6) is 0 Å². The van der Waals surface area contributed by atoms with Crippen molar-refractivity contribution in [3.8, 4) is 11.4 Å². The molecule has 0 aliphatic carbocycles. The van der Waals surface area contributed by atoms with Crippen LogP contribution in [0.4, 0.5) is 4.39 Å². The number of ether oxygens (including phenoxy) is 1. The first-order valence-electron chi connectivity index (χ1n) is 8.49. The first-order valence-corrected chi connectivity index (χ1v) is 9.48. The molecule has 3 aromatic rings. The molecule has 0 N–H and O–H groups in total. The molecule has 0 saturated carbocycles. The number of Topliss-reactive ketones (excluding diaryl/α,β-unsaturated/α-hetero) is 1. The Morgan fingerprint density at radius 1 is 1.19 bits per heavy atom. The number of aryl methyl sites for hydroxylation is 1. The van der Waals surface area contributed by atoms with Crippen LogP contribution in [0.1, 0.15) is 15.9 Å². The Labute approximate surface area is 161 Å². The number of carbonyl (C=O) groups excluding carboxylic acids is 1. The van der Waals surface area contributed by atoms with Crippen molar-refractivity contribution in [3.05, 3.63) is 65.5 Å². The quantitative estimate of drug-likeness (QED) is 0.433. The Bertz CT molecular complexity index is 925. The van der Waals surface area contributed by atoms with Crippen molar-refractivity contribution in [1.29, 1.82) is 0 Å². The van der Waals surface area contributed by atoms with Gasteiger partial charge in [-0.1, -0.05) is 35.5 Å².